The van der Waals surface area contributed by atoms with Gasteiger partial charge < -0.3 is 9.22 Å². The van der Waals surface area contributed by atoms with Gasteiger partial charge in [-0.1, -0.05) is 15.9 Å². The molecule has 0 N–H and O–H groups in total. The van der Waals surface area contributed by atoms with Crippen molar-refractivity contribution < 1.29 is 14.0 Å². The third-order valence-electron chi connectivity index (χ3n) is 1.69. The first-order chi connectivity index (χ1) is 5.48. The van der Waals surface area contributed by atoms with Crippen LogP contribution in [-0.2, 0) is 9.53 Å². The second-order valence-electron chi connectivity index (χ2n) is 3.41. The Kier molecular flexibility index (Phi) is 5.50. The standard InChI is InChI=1S/C8H17BrNO2/c1-8(11)12-7-6-10(2,3)5-4-9/h4-7H2,1-3H3/q+1. The number of likely N-dealkylation sites (N-methyl/N-ethyl adjacent to an activating group) is 1. The molecule has 0 bridgehead atoms. The molecule has 0 saturated heterocycles. The number of alkyl halides is 1. The summed E-state index contributed by atoms with van der Waals surface area (Å²) in [5.41, 5.74) is 0. The number of quaternary nitrogens is 1. The third-order valence-corrected chi connectivity index (χ3v) is 2.05. The van der Waals surface area contributed by atoms with Crippen molar-refractivity contribution in [2.45, 2.75) is 6.92 Å². The molecule has 0 unspecified atom stereocenters. The summed E-state index contributed by atoms with van der Waals surface area (Å²) in [5.74, 6) is -0.200. The first-order valence-corrected chi connectivity index (χ1v) is 5.11. The second kappa shape index (κ2) is 5.54. The summed E-state index contributed by atoms with van der Waals surface area (Å²) in [5, 5.41) is 0.972. The van der Waals surface area contributed by atoms with Crippen LogP contribution in [0.1, 0.15) is 6.92 Å². The highest BCUT2D eigenvalue weighted by molar-refractivity contribution is 9.09. The first-order valence-electron chi connectivity index (χ1n) is 3.99. The second-order valence-corrected chi connectivity index (χ2v) is 4.20. The predicted molar refractivity (Wildman–Crippen MR) is 52.3 cm³/mol. The molecule has 0 heterocycles. The lowest BCUT2D eigenvalue weighted by Gasteiger charge is -2.28. The van der Waals surface area contributed by atoms with Gasteiger partial charge in [0.25, 0.3) is 0 Å². The van der Waals surface area contributed by atoms with Crippen LogP contribution in [0.4, 0.5) is 0 Å². The minimum absolute atomic E-state index is 0.200. The Balaban J connectivity index is 3.53. The van der Waals surface area contributed by atoms with Gasteiger partial charge in [0, 0.05) is 6.92 Å². The fraction of sp³-hybridized carbons (Fsp3) is 0.875. The zero-order valence-electron chi connectivity index (χ0n) is 7.97. The molecule has 3 nitrogen and oxygen atoms in total. The number of carbonyl (C=O) groups is 1. The highest BCUT2D eigenvalue weighted by atomic mass is 79.9. The molecule has 12 heavy (non-hydrogen) atoms. The van der Waals surface area contributed by atoms with Gasteiger partial charge in [-0.3, -0.25) is 4.79 Å². The molecule has 0 aliphatic rings. The van der Waals surface area contributed by atoms with Gasteiger partial charge in [-0.15, -0.1) is 0 Å². The fourth-order valence-electron chi connectivity index (χ4n) is 0.777. The van der Waals surface area contributed by atoms with E-state index in [4.69, 9.17) is 4.74 Å². The molecule has 0 aromatic carbocycles. The average Bonchev–Trinajstić information content (AvgIpc) is 1.85. The number of hydrogen-bond acceptors (Lipinski definition) is 2. The van der Waals surface area contributed by atoms with Gasteiger partial charge in [-0.05, 0) is 0 Å². The van der Waals surface area contributed by atoms with Crippen LogP contribution in [0.3, 0.4) is 0 Å². The molecule has 0 spiro atoms. The lowest BCUT2D eigenvalue weighted by atomic mass is 10.4. The van der Waals surface area contributed by atoms with E-state index in [0.29, 0.717) is 6.61 Å². The van der Waals surface area contributed by atoms with E-state index in [1.54, 1.807) is 0 Å². The van der Waals surface area contributed by atoms with Crippen molar-refractivity contribution in [1.82, 2.24) is 0 Å². The molecule has 0 aliphatic carbocycles. The van der Waals surface area contributed by atoms with Gasteiger partial charge in [0.15, 0.2) is 0 Å². The molecule has 0 amide bonds. The molecular formula is C8H17BrNO2+. The average molecular weight is 239 g/mol. The Morgan fingerprint density at radius 2 is 2.00 bits per heavy atom. The van der Waals surface area contributed by atoms with Crippen molar-refractivity contribution in [3.05, 3.63) is 0 Å². The van der Waals surface area contributed by atoms with E-state index < -0.39 is 0 Å². The minimum Gasteiger partial charge on any atom is -0.460 e. The molecule has 0 saturated carbocycles. The van der Waals surface area contributed by atoms with Crippen LogP contribution in [0.25, 0.3) is 0 Å². The number of nitrogens with zero attached hydrogens (tertiary/aromatic N) is 1. The van der Waals surface area contributed by atoms with E-state index in [9.17, 15) is 4.79 Å². The van der Waals surface area contributed by atoms with Gasteiger partial charge in [0.2, 0.25) is 0 Å². The fourth-order valence-corrected chi connectivity index (χ4v) is 1.74. The molecule has 0 fully saturated rings. The maximum Gasteiger partial charge on any atom is 0.302 e. The molecule has 0 aliphatic heterocycles. The van der Waals surface area contributed by atoms with Crippen molar-refractivity contribution in [3.8, 4) is 0 Å². The molecule has 0 radical (unpaired) electrons. The summed E-state index contributed by atoms with van der Waals surface area (Å²) in [6.07, 6.45) is 0. The Morgan fingerprint density at radius 3 is 2.42 bits per heavy atom. The Hall–Kier alpha value is -0.0900. The van der Waals surface area contributed by atoms with Crippen molar-refractivity contribution in [2.75, 3.05) is 39.1 Å². The topological polar surface area (TPSA) is 26.3 Å². The number of rotatable bonds is 5. The molecule has 0 aromatic heterocycles. The van der Waals surface area contributed by atoms with Crippen molar-refractivity contribution in [3.63, 3.8) is 0 Å². The molecular weight excluding hydrogens is 222 g/mol. The van der Waals surface area contributed by atoms with Crippen LogP contribution >= 0.6 is 15.9 Å². The highest BCUT2D eigenvalue weighted by Gasteiger charge is 2.13. The van der Waals surface area contributed by atoms with Crippen LogP contribution in [0, 0.1) is 0 Å². The van der Waals surface area contributed by atoms with Gasteiger partial charge in [-0.2, -0.15) is 0 Å². The first kappa shape index (κ1) is 11.9. The summed E-state index contributed by atoms with van der Waals surface area (Å²) in [6.45, 7) is 3.85. The Labute approximate surface area is 82.4 Å². The third kappa shape index (κ3) is 6.61. The van der Waals surface area contributed by atoms with Crippen molar-refractivity contribution in [1.29, 1.82) is 0 Å². The Bertz CT molecular complexity index is 148. The van der Waals surface area contributed by atoms with E-state index in [2.05, 4.69) is 30.0 Å². The molecule has 0 atom stereocenters. The maximum absolute atomic E-state index is 10.4. The highest BCUT2D eigenvalue weighted by Crippen LogP contribution is 1.98. The summed E-state index contributed by atoms with van der Waals surface area (Å²) >= 11 is 3.38. The van der Waals surface area contributed by atoms with Gasteiger partial charge in [0.05, 0.1) is 26.0 Å². The van der Waals surface area contributed by atoms with Crippen LogP contribution in [0.5, 0.6) is 0 Å². The SMILES string of the molecule is CC(=O)OCC[N+](C)(C)CCBr. The molecule has 0 rings (SSSR count). The molecule has 72 valence electrons. The molecule has 0 aromatic rings. The van der Waals surface area contributed by atoms with Crippen LogP contribution in [0.15, 0.2) is 0 Å². The van der Waals surface area contributed by atoms with Crippen LogP contribution in [0.2, 0.25) is 0 Å². The van der Waals surface area contributed by atoms with E-state index in [0.717, 1.165) is 22.9 Å². The number of esters is 1. The normalized spacial score (nSPS) is 11.3. The summed E-state index contributed by atoms with van der Waals surface area (Å²) in [7, 11) is 4.23. The van der Waals surface area contributed by atoms with E-state index in [-0.39, 0.29) is 5.97 Å². The van der Waals surface area contributed by atoms with Gasteiger partial charge >= 0.3 is 5.97 Å². The van der Waals surface area contributed by atoms with E-state index >= 15 is 0 Å². The van der Waals surface area contributed by atoms with Gasteiger partial charge in [0.1, 0.15) is 13.2 Å². The maximum atomic E-state index is 10.4. The number of halogens is 1. The summed E-state index contributed by atoms with van der Waals surface area (Å²) in [6, 6.07) is 0. The van der Waals surface area contributed by atoms with Crippen molar-refractivity contribution >= 4 is 21.9 Å². The lowest BCUT2D eigenvalue weighted by molar-refractivity contribution is -0.887. The number of ether oxygens (including phenoxy) is 1. The quantitative estimate of drug-likeness (QED) is 0.407. The van der Waals surface area contributed by atoms with Crippen LogP contribution < -0.4 is 0 Å². The summed E-state index contributed by atoms with van der Waals surface area (Å²) < 4.78 is 5.73. The van der Waals surface area contributed by atoms with E-state index in [1.807, 2.05) is 0 Å². The minimum atomic E-state index is -0.200. The summed E-state index contributed by atoms with van der Waals surface area (Å²) in [4.78, 5) is 10.4. The van der Waals surface area contributed by atoms with E-state index in [1.165, 1.54) is 6.92 Å². The number of carbonyl (C=O) groups excluding carboxylic acids is 1. The molecule has 4 heteroatoms. The monoisotopic (exact) mass is 238 g/mol. The van der Waals surface area contributed by atoms with Crippen molar-refractivity contribution in [2.24, 2.45) is 0 Å². The zero-order chi connectivity index (χ0) is 9.61. The number of hydrogen-bond donors (Lipinski definition) is 0. The van der Waals surface area contributed by atoms with Gasteiger partial charge in [-0.25, -0.2) is 0 Å². The van der Waals surface area contributed by atoms with Crippen LogP contribution in [-0.4, -0.2) is 49.6 Å². The largest absolute Gasteiger partial charge is 0.460 e. The predicted octanol–water partition coefficient (Wildman–Crippen LogP) is 1.02. The zero-order valence-corrected chi connectivity index (χ0v) is 9.56. The smallest absolute Gasteiger partial charge is 0.302 e. The Morgan fingerprint density at radius 1 is 1.42 bits per heavy atom. The lowest BCUT2D eigenvalue weighted by Crippen LogP contribution is -2.43.